The van der Waals surface area contributed by atoms with Gasteiger partial charge in [-0.3, -0.25) is 0 Å². The Morgan fingerprint density at radius 1 is 1.00 bits per heavy atom. The van der Waals surface area contributed by atoms with Gasteiger partial charge in [-0.15, -0.1) is 0 Å². The van der Waals surface area contributed by atoms with E-state index < -0.39 is 11.6 Å². The second-order valence-corrected chi connectivity index (χ2v) is 8.97. The summed E-state index contributed by atoms with van der Waals surface area (Å²) in [4.78, 5) is 14.1. The zero-order valence-corrected chi connectivity index (χ0v) is 20.0. The molecule has 3 aromatic rings. The lowest BCUT2D eigenvalue weighted by Crippen LogP contribution is -2.43. The van der Waals surface area contributed by atoms with Crippen LogP contribution in [0.2, 0.25) is 0 Å². The molecule has 0 N–H and O–H groups in total. The number of halogens is 3. The van der Waals surface area contributed by atoms with Gasteiger partial charge in [-0.05, 0) is 60.7 Å². The van der Waals surface area contributed by atoms with Crippen LogP contribution in [0.5, 0.6) is 0 Å². The van der Waals surface area contributed by atoms with Gasteiger partial charge in [-0.25, -0.2) is 18.0 Å². The van der Waals surface area contributed by atoms with Gasteiger partial charge in [0.15, 0.2) is 0 Å². The first-order valence-corrected chi connectivity index (χ1v) is 12.5. The molecule has 1 aliphatic heterocycles. The summed E-state index contributed by atoms with van der Waals surface area (Å²) < 4.78 is 44.5. The number of amides is 1. The first-order valence-electron chi connectivity index (χ1n) is 11.1. The highest BCUT2D eigenvalue weighted by Crippen LogP contribution is 2.29. The third kappa shape index (κ3) is 7.03. The number of carbonyl (C=O) groups is 1. The van der Waals surface area contributed by atoms with Crippen molar-refractivity contribution in [1.29, 1.82) is 0 Å². The Morgan fingerprint density at radius 2 is 1.71 bits per heavy atom. The van der Waals surface area contributed by atoms with Gasteiger partial charge >= 0.3 is 6.09 Å². The Hall–Kier alpha value is -2.93. The maximum Gasteiger partial charge on any atom is 0.410 e. The highest BCUT2D eigenvalue weighted by molar-refractivity contribution is 7.98. The van der Waals surface area contributed by atoms with Crippen molar-refractivity contribution in [3.05, 3.63) is 95.8 Å². The van der Waals surface area contributed by atoms with E-state index in [1.54, 1.807) is 47.0 Å². The highest BCUT2D eigenvalue weighted by atomic mass is 32.2. The average Bonchev–Trinajstić information content (AvgIpc) is 2.83. The summed E-state index contributed by atoms with van der Waals surface area (Å²) >= 11 is 1.75. The number of ether oxygens (including phenoxy) is 1. The predicted molar refractivity (Wildman–Crippen MR) is 131 cm³/mol. The topological polar surface area (TPSA) is 29.5 Å². The van der Waals surface area contributed by atoms with Crippen molar-refractivity contribution < 1.29 is 22.7 Å². The number of benzene rings is 3. The summed E-state index contributed by atoms with van der Waals surface area (Å²) in [6.45, 7) is 2.62. The van der Waals surface area contributed by atoms with Crippen molar-refractivity contribution in [2.24, 2.45) is 0 Å². The quantitative estimate of drug-likeness (QED) is 0.361. The lowest BCUT2D eigenvalue weighted by Gasteiger charge is -2.35. The molecule has 1 saturated heterocycles. The maximum atomic E-state index is 14.0. The fourth-order valence-electron chi connectivity index (χ4n) is 3.71. The third-order valence-electron chi connectivity index (χ3n) is 5.67. The number of rotatable bonds is 6. The summed E-state index contributed by atoms with van der Waals surface area (Å²) in [5, 5.41) is 0. The fourth-order valence-corrected chi connectivity index (χ4v) is 4.21. The molecule has 2 unspecified atom stereocenters. The van der Waals surface area contributed by atoms with Crippen molar-refractivity contribution in [2.75, 3.05) is 18.6 Å². The van der Waals surface area contributed by atoms with E-state index >= 15 is 0 Å². The van der Waals surface area contributed by atoms with E-state index in [0.717, 1.165) is 30.2 Å². The van der Waals surface area contributed by atoms with Crippen molar-refractivity contribution >= 4 is 17.9 Å². The molecule has 180 valence electrons. The van der Waals surface area contributed by atoms with Gasteiger partial charge in [0.2, 0.25) is 0 Å². The van der Waals surface area contributed by atoms with E-state index in [1.165, 1.54) is 24.3 Å². The van der Waals surface area contributed by atoms with Gasteiger partial charge in [0, 0.05) is 24.6 Å². The molecular formula is C27H28F3NO2S. The smallest absolute Gasteiger partial charge is 0.410 e. The Morgan fingerprint density at radius 3 is 2.26 bits per heavy atom. The largest absolute Gasteiger partial charge is 0.446 e. The van der Waals surface area contributed by atoms with Crippen molar-refractivity contribution in [3.63, 3.8) is 0 Å². The zero-order chi connectivity index (χ0) is 24.5. The number of hydrogen-bond acceptors (Lipinski definition) is 3. The molecule has 1 fully saturated rings. The standard InChI is InChI=1S/C21H23F2NO2S.C6H5F/c1-14(24-11-9-18(10-12-27-2)26-21(24)25)15-3-5-16(6-4-15)19-8-7-17(22)13-20(19)23;7-6-4-2-1-3-5-6/h3-8,13-14,18H,9-12H2,1-2H3;1-5H. The Balaban J connectivity index is 0.000000396. The first kappa shape index (κ1) is 25.7. The lowest BCUT2D eigenvalue weighted by atomic mass is 10.00. The predicted octanol–water partition coefficient (Wildman–Crippen LogP) is 7.48. The molecule has 34 heavy (non-hydrogen) atoms. The number of hydrogen-bond donors (Lipinski definition) is 0. The van der Waals surface area contributed by atoms with Crippen molar-refractivity contribution in [3.8, 4) is 11.1 Å². The molecule has 0 saturated carbocycles. The Kier molecular flexibility index (Phi) is 9.45. The second-order valence-electron chi connectivity index (χ2n) is 7.99. The molecule has 2 atom stereocenters. The van der Waals surface area contributed by atoms with Crippen LogP contribution in [0.4, 0.5) is 18.0 Å². The van der Waals surface area contributed by atoms with Gasteiger partial charge in [0.25, 0.3) is 0 Å². The first-order chi connectivity index (χ1) is 16.4. The van der Waals surface area contributed by atoms with Crippen molar-refractivity contribution in [1.82, 2.24) is 4.90 Å². The number of carbonyl (C=O) groups excluding carboxylic acids is 1. The molecular weight excluding hydrogens is 459 g/mol. The molecule has 0 aromatic heterocycles. The van der Waals surface area contributed by atoms with E-state index in [2.05, 4.69) is 0 Å². The number of cyclic esters (lactones) is 1. The Bertz CT molecular complexity index is 1060. The molecule has 7 heteroatoms. The average molecular weight is 488 g/mol. The van der Waals surface area contributed by atoms with E-state index in [0.29, 0.717) is 17.7 Å². The van der Waals surface area contributed by atoms with Crippen LogP contribution < -0.4 is 0 Å². The molecule has 3 aromatic carbocycles. The summed E-state index contributed by atoms with van der Waals surface area (Å²) in [7, 11) is 0. The second kappa shape index (κ2) is 12.5. The summed E-state index contributed by atoms with van der Waals surface area (Å²) in [5.41, 5.74) is 1.97. The fraction of sp³-hybridized carbons (Fsp3) is 0.296. The third-order valence-corrected chi connectivity index (χ3v) is 6.32. The summed E-state index contributed by atoms with van der Waals surface area (Å²) in [6, 6.07) is 18.7. The van der Waals surface area contributed by atoms with Crippen LogP contribution in [0.15, 0.2) is 72.8 Å². The van der Waals surface area contributed by atoms with E-state index in [-0.39, 0.29) is 24.1 Å². The molecule has 3 nitrogen and oxygen atoms in total. The van der Waals surface area contributed by atoms with Crippen LogP contribution in [0.25, 0.3) is 11.1 Å². The van der Waals surface area contributed by atoms with Gasteiger partial charge < -0.3 is 9.64 Å². The van der Waals surface area contributed by atoms with E-state index in [4.69, 9.17) is 4.74 Å². The molecule has 1 aliphatic rings. The van der Waals surface area contributed by atoms with Crippen molar-refractivity contribution in [2.45, 2.75) is 31.9 Å². The van der Waals surface area contributed by atoms with Crippen LogP contribution in [-0.4, -0.2) is 35.7 Å². The van der Waals surface area contributed by atoms with Crippen LogP contribution in [0.1, 0.15) is 31.4 Å². The van der Waals surface area contributed by atoms with Gasteiger partial charge in [-0.1, -0.05) is 42.5 Å². The minimum absolute atomic E-state index is 0.00257. The van der Waals surface area contributed by atoms with Gasteiger partial charge in [0.1, 0.15) is 23.6 Å². The maximum absolute atomic E-state index is 14.0. The SMILES string of the molecule is CSCCC1CCN(C(C)c2ccc(-c3ccc(F)cc3F)cc2)C(=O)O1.Fc1ccccc1. The molecule has 1 heterocycles. The number of thioether (sulfide) groups is 1. The van der Waals surface area contributed by atoms with Crippen LogP contribution in [0, 0.1) is 17.5 Å². The van der Waals surface area contributed by atoms with Crippen LogP contribution in [0.3, 0.4) is 0 Å². The van der Waals surface area contributed by atoms with Crippen LogP contribution in [-0.2, 0) is 4.74 Å². The molecule has 0 radical (unpaired) electrons. The normalized spacial score (nSPS) is 16.3. The zero-order valence-electron chi connectivity index (χ0n) is 19.2. The van der Waals surface area contributed by atoms with E-state index in [1.807, 2.05) is 25.3 Å². The lowest BCUT2D eigenvalue weighted by molar-refractivity contribution is 0.0124. The van der Waals surface area contributed by atoms with Crippen LogP contribution >= 0.6 is 11.8 Å². The molecule has 1 amide bonds. The number of nitrogens with zero attached hydrogens (tertiary/aromatic N) is 1. The molecule has 0 aliphatic carbocycles. The highest BCUT2D eigenvalue weighted by Gasteiger charge is 2.30. The monoisotopic (exact) mass is 487 g/mol. The van der Waals surface area contributed by atoms with Gasteiger partial charge in [-0.2, -0.15) is 11.8 Å². The summed E-state index contributed by atoms with van der Waals surface area (Å²) in [6.07, 6.45) is 3.47. The molecule has 0 bridgehead atoms. The molecule has 4 rings (SSSR count). The summed E-state index contributed by atoms with van der Waals surface area (Å²) in [5.74, 6) is -0.385. The van der Waals surface area contributed by atoms with E-state index in [9.17, 15) is 18.0 Å². The minimum atomic E-state index is -0.596. The minimum Gasteiger partial charge on any atom is -0.446 e. The Labute approximate surface area is 202 Å². The van der Waals surface area contributed by atoms with Gasteiger partial charge in [0.05, 0.1) is 6.04 Å². The molecule has 0 spiro atoms.